The number of aliphatic hydroxyl groups is 1. The fourth-order valence-electron chi connectivity index (χ4n) is 2.16. The number of aliphatic hydroxyl groups excluding tert-OH is 1. The highest BCUT2D eigenvalue weighted by atomic mass is 16.5. The first kappa shape index (κ1) is 17.1. The van der Waals surface area contributed by atoms with Gasteiger partial charge in [-0.05, 0) is 31.4 Å². The van der Waals surface area contributed by atoms with Gasteiger partial charge in [0.1, 0.15) is 0 Å². The van der Waals surface area contributed by atoms with Gasteiger partial charge in [0.2, 0.25) is 5.75 Å². The summed E-state index contributed by atoms with van der Waals surface area (Å²) in [5, 5.41) is 18.8. The lowest BCUT2D eigenvalue weighted by Gasteiger charge is -2.19. The molecule has 6 heteroatoms. The Kier molecular flexibility index (Phi) is 6.81. The predicted molar refractivity (Wildman–Crippen MR) is 77.2 cm³/mol. The van der Waals surface area contributed by atoms with Crippen molar-refractivity contribution in [2.75, 3.05) is 21.3 Å². The zero-order valence-corrected chi connectivity index (χ0v) is 12.6. The molecule has 0 amide bonds. The zero-order chi connectivity index (χ0) is 15.8. The number of carboxylic acids is 1. The maximum Gasteiger partial charge on any atom is 0.303 e. The van der Waals surface area contributed by atoms with Crippen LogP contribution in [0.15, 0.2) is 12.1 Å². The van der Waals surface area contributed by atoms with Crippen molar-refractivity contribution in [3.63, 3.8) is 0 Å². The van der Waals surface area contributed by atoms with Gasteiger partial charge in [-0.2, -0.15) is 0 Å². The van der Waals surface area contributed by atoms with E-state index in [4.69, 9.17) is 19.3 Å². The SMILES string of the molecule is COc1ccc(C(O)CCCCC(=O)O)c(OC)c1OC. The molecule has 1 aromatic rings. The second-order valence-electron chi connectivity index (χ2n) is 4.58. The number of aliphatic carboxylic acids is 1. The number of unbranched alkanes of at least 4 members (excludes halogenated alkanes) is 1. The van der Waals surface area contributed by atoms with Crippen LogP contribution >= 0.6 is 0 Å². The smallest absolute Gasteiger partial charge is 0.303 e. The molecule has 118 valence electrons. The Bertz CT molecular complexity index is 471. The summed E-state index contributed by atoms with van der Waals surface area (Å²) in [7, 11) is 4.53. The first-order valence-electron chi connectivity index (χ1n) is 6.73. The number of carbonyl (C=O) groups is 1. The van der Waals surface area contributed by atoms with E-state index in [1.165, 1.54) is 21.3 Å². The van der Waals surface area contributed by atoms with Gasteiger partial charge in [0.25, 0.3) is 0 Å². The molecule has 0 radical (unpaired) electrons. The molecule has 0 aliphatic heterocycles. The van der Waals surface area contributed by atoms with Crippen molar-refractivity contribution in [1.82, 2.24) is 0 Å². The molecular weight excluding hydrogens is 276 g/mol. The molecule has 21 heavy (non-hydrogen) atoms. The molecule has 6 nitrogen and oxygen atoms in total. The summed E-state index contributed by atoms with van der Waals surface area (Å²) in [5.74, 6) is 0.564. The second-order valence-corrected chi connectivity index (χ2v) is 4.58. The fraction of sp³-hybridized carbons (Fsp3) is 0.533. The Labute approximate surface area is 124 Å². The first-order chi connectivity index (χ1) is 10.0. The van der Waals surface area contributed by atoms with Crippen LogP contribution in [-0.4, -0.2) is 37.5 Å². The molecule has 1 rings (SSSR count). The van der Waals surface area contributed by atoms with E-state index in [9.17, 15) is 9.90 Å². The van der Waals surface area contributed by atoms with E-state index in [2.05, 4.69) is 0 Å². The lowest BCUT2D eigenvalue weighted by molar-refractivity contribution is -0.137. The van der Waals surface area contributed by atoms with E-state index in [1.807, 2.05) is 0 Å². The summed E-state index contributed by atoms with van der Waals surface area (Å²) in [6.45, 7) is 0. The van der Waals surface area contributed by atoms with Crippen molar-refractivity contribution in [2.24, 2.45) is 0 Å². The van der Waals surface area contributed by atoms with Gasteiger partial charge in [-0.15, -0.1) is 0 Å². The highest BCUT2D eigenvalue weighted by molar-refractivity contribution is 5.66. The number of carboxylic acid groups (broad SMARTS) is 1. The third-order valence-electron chi connectivity index (χ3n) is 3.21. The summed E-state index contributed by atoms with van der Waals surface area (Å²) in [5.41, 5.74) is 0.602. The van der Waals surface area contributed by atoms with E-state index in [0.717, 1.165) is 0 Å². The molecule has 1 aromatic carbocycles. The van der Waals surface area contributed by atoms with Gasteiger partial charge in [-0.25, -0.2) is 0 Å². The Morgan fingerprint density at radius 2 is 1.76 bits per heavy atom. The summed E-state index contributed by atoms with van der Waals surface area (Å²) in [6, 6.07) is 3.43. The molecule has 0 saturated heterocycles. The van der Waals surface area contributed by atoms with E-state index in [0.29, 0.717) is 42.1 Å². The van der Waals surface area contributed by atoms with Crippen LogP contribution < -0.4 is 14.2 Å². The van der Waals surface area contributed by atoms with Crippen LogP contribution in [0.1, 0.15) is 37.4 Å². The third-order valence-corrected chi connectivity index (χ3v) is 3.21. The molecule has 0 heterocycles. The summed E-state index contributed by atoms with van der Waals surface area (Å²) >= 11 is 0. The van der Waals surface area contributed by atoms with Crippen LogP contribution in [0.5, 0.6) is 17.2 Å². The Balaban J connectivity index is 2.83. The quantitative estimate of drug-likeness (QED) is 0.681. The molecular formula is C15H22O6. The van der Waals surface area contributed by atoms with Crippen molar-refractivity contribution in [3.05, 3.63) is 17.7 Å². The van der Waals surface area contributed by atoms with Gasteiger partial charge >= 0.3 is 5.97 Å². The van der Waals surface area contributed by atoms with Gasteiger partial charge in [-0.3, -0.25) is 4.79 Å². The van der Waals surface area contributed by atoms with E-state index < -0.39 is 12.1 Å². The number of benzene rings is 1. The molecule has 0 bridgehead atoms. The number of hydrogen-bond donors (Lipinski definition) is 2. The van der Waals surface area contributed by atoms with Crippen molar-refractivity contribution >= 4 is 5.97 Å². The van der Waals surface area contributed by atoms with Crippen LogP contribution in [0.25, 0.3) is 0 Å². The first-order valence-corrected chi connectivity index (χ1v) is 6.73. The summed E-state index contributed by atoms with van der Waals surface area (Å²) in [6.07, 6.45) is 0.968. The number of rotatable bonds is 9. The average molecular weight is 298 g/mol. The highest BCUT2D eigenvalue weighted by Gasteiger charge is 2.20. The van der Waals surface area contributed by atoms with Crippen molar-refractivity contribution < 1.29 is 29.2 Å². The topological polar surface area (TPSA) is 85.2 Å². The lowest BCUT2D eigenvalue weighted by atomic mass is 10.0. The molecule has 2 N–H and O–H groups in total. The zero-order valence-electron chi connectivity index (χ0n) is 12.6. The monoisotopic (exact) mass is 298 g/mol. The minimum absolute atomic E-state index is 0.107. The average Bonchev–Trinajstić information content (AvgIpc) is 2.49. The number of hydrogen-bond acceptors (Lipinski definition) is 5. The molecule has 0 fully saturated rings. The fourth-order valence-corrected chi connectivity index (χ4v) is 2.16. The molecule has 0 aliphatic rings. The minimum Gasteiger partial charge on any atom is -0.493 e. The number of ether oxygens (including phenoxy) is 3. The Morgan fingerprint density at radius 1 is 1.10 bits per heavy atom. The molecule has 0 spiro atoms. The van der Waals surface area contributed by atoms with Crippen LogP contribution in [0.3, 0.4) is 0 Å². The molecule has 0 aromatic heterocycles. The Morgan fingerprint density at radius 3 is 2.29 bits per heavy atom. The van der Waals surface area contributed by atoms with Crippen LogP contribution in [0, 0.1) is 0 Å². The van der Waals surface area contributed by atoms with E-state index >= 15 is 0 Å². The van der Waals surface area contributed by atoms with Crippen LogP contribution in [-0.2, 0) is 4.79 Å². The maximum atomic E-state index is 10.5. The highest BCUT2D eigenvalue weighted by Crippen LogP contribution is 2.42. The largest absolute Gasteiger partial charge is 0.493 e. The molecule has 1 atom stereocenters. The number of methoxy groups -OCH3 is 3. The maximum absolute atomic E-state index is 10.5. The van der Waals surface area contributed by atoms with Crippen LogP contribution in [0.2, 0.25) is 0 Å². The minimum atomic E-state index is -0.826. The molecule has 0 aliphatic carbocycles. The standard InChI is InChI=1S/C15H22O6/c1-19-12-9-8-10(14(20-2)15(12)21-3)11(16)6-4-5-7-13(17)18/h8-9,11,16H,4-7H2,1-3H3,(H,17,18). The summed E-state index contributed by atoms with van der Waals surface area (Å²) in [4.78, 5) is 10.5. The van der Waals surface area contributed by atoms with Gasteiger partial charge in [0.05, 0.1) is 27.4 Å². The summed E-state index contributed by atoms with van der Waals surface area (Å²) < 4.78 is 15.8. The molecule has 0 saturated carbocycles. The predicted octanol–water partition coefficient (Wildman–Crippen LogP) is 2.39. The van der Waals surface area contributed by atoms with Gasteiger partial charge < -0.3 is 24.4 Å². The van der Waals surface area contributed by atoms with E-state index in [-0.39, 0.29) is 6.42 Å². The van der Waals surface area contributed by atoms with Crippen molar-refractivity contribution in [3.8, 4) is 17.2 Å². The van der Waals surface area contributed by atoms with Crippen LogP contribution in [0.4, 0.5) is 0 Å². The second kappa shape index (κ2) is 8.36. The van der Waals surface area contributed by atoms with Crippen molar-refractivity contribution in [2.45, 2.75) is 31.8 Å². The van der Waals surface area contributed by atoms with Gasteiger partial charge in [0.15, 0.2) is 11.5 Å². The molecule has 1 unspecified atom stereocenters. The normalized spacial score (nSPS) is 11.8. The van der Waals surface area contributed by atoms with Gasteiger partial charge in [0, 0.05) is 12.0 Å². The third kappa shape index (κ3) is 4.53. The Hall–Kier alpha value is -1.95. The van der Waals surface area contributed by atoms with Gasteiger partial charge in [-0.1, -0.05) is 0 Å². The van der Waals surface area contributed by atoms with Crippen molar-refractivity contribution in [1.29, 1.82) is 0 Å². The van der Waals surface area contributed by atoms with E-state index in [1.54, 1.807) is 12.1 Å². The lowest BCUT2D eigenvalue weighted by Crippen LogP contribution is -2.04.